The van der Waals surface area contributed by atoms with Gasteiger partial charge in [-0.25, -0.2) is 0 Å². The van der Waals surface area contributed by atoms with E-state index in [9.17, 15) is 4.79 Å². The Morgan fingerprint density at radius 1 is 0.794 bits per heavy atom. The number of ether oxygens (including phenoxy) is 4. The van der Waals surface area contributed by atoms with Crippen LogP contribution in [0, 0.1) is 0 Å². The second-order valence-electron chi connectivity index (χ2n) is 7.22. The minimum atomic E-state index is -0.166. The van der Waals surface area contributed by atoms with Crippen LogP contribution in [-0.2, 0) is 0 Å². The third kappa shape index (κ3) is 5.89. The lowest BCUT2D eigenvalue weighted by Gasteiger charge is -2.12. The van der Waals surface area contributed by atoms with Crippen molar-refractivity contribution in [3.8, 4) is 23.0 Å². The van der Waals surface area contributed by atoms with Crippen LogP contribution in [0.3, 0.4) is 0 Å². The quantitative estimate of drug-likeness (QED) is 0.184. The van der Waals surface area contributed by atoms with Crippen LogP contribution in [0.2, 0.25) is 0 Å². The van der Waals surface area contributed by atoms with Gasteiger partial charge in [-0.05, 0) is 53.6 Å². The number of hydrogen-bond acceptors (Lipinski definition) is 7. The van der Waals surface area contributed by atoms with Gasteiger partial charge in [0.25, 0.3) is 0 Å². The van der Waals surface area contributed by atoms with E-state index in [1.807, 2.05) is 48.6 Å². The molecule has 0 unspecified atom stereocenters. The van der Waals surface area contributed by atoms with Crippen LogP contribution in [-0.4, -0.2) is 34.2 Å². The maximum absolute atomic E-state index is 12.4. The number of anilines is 2. The van der Waals surface area contributed by atoms with Crippen molar-refractivity contribution in [2.24, 2.45) is 0 Å². The molecule has 0 radical (unpaired) electrons. The van der Waals surface area contributed by atoms with E-state index in [1.165, 1.54) is 13.2 Å². The zero-order valence-corrected chi connectivity index (χ0v) is 19.6. The number of nitrogens with one attached hydrogen (secondary N) is 1. The maximum atomic E-state index is 12.4. The number of nitrogen functional groups attached to an aromatic ring is 1. The summed E-state index contributed by atoms with van der Waals surface area (Å²) in [6.07, 6.45) is 6.99. The molecule has 0 fully saturated rings. The lowest BCUT2D eigenvalue weighted by Crippen LogP contribution is -1.99. The molecule has 7 heteroatoms. The van der Waals surface area contributed by atoms with Gasteiger partial charge in [-0.15, -0.1) is 0 Å². The van der Waals surface area contributed by atoms with Gasteiger partial charge in [0.1, 0.15) is 5.75 Å². The van der Waals surface area contributed by atoms with Crippen LogP contribution in [0.5, 0.6) is 23.0 Å². The van der Waals surface area contributed by atoms with Crippen LogP contribution in [0.25, 0.3) is 12.2 Å². The number of carbonyl (C=O) groups excluding carboxylic acids is 1. The van der Waals surface area contributed by atoms with E-state index in [2.05, 4.69) is 5.32 Å². The summed E-state index contributed by atoms with van der Waals surface area (Å²) >= 11 is 0. The molecular weight excluding hydrogens is 432 g/mol. The van der Waals surface area contributed by atoms with Crippen molar-refractivity contribution in [1.82, 2.24) is 0 Å². The smallest absolute Gasteiger partial charge is 0.203 e. The molecule has 0 aliphatic rings. The third-order valence-corrected chi connectivity index (χ3v) is 5.04. The molecule has 0 heterocycles. The Kier molecular flexibility index (Phi) is 8.18. The Bertz CT molecular complexity index is 1190. The largest absolute Gasteiger partial charge is 0.495 e. The van der Waals surface area contributed by atoms with Gasteiger partial charge in [0.2, 0.25) is 5.75 Å². The van der Waals surface area contributed by atoms with Crippen molar-refractivity contribution >= 4 is 29.3 Å². The number of nitrogens with two attached hydrogens (primary N) is 1. The molecule has 3 aromatic rings. The highest BCUT2D eigenvalue weighted by atomic mass is 16.5. The first-order chi connectivity index (χ1) is 16.5. The fourth-order valence-electron chi connectivity index (χ4n) is 3.32. The Morgan fingerprint density at radius 2 is 1.47 bits per heavy atom. The minimum Gasteiger partial charge on any atom is -0.495 e. The molecule has 34 heavy (non-hydrogen) atoms. The summed E-state index contributed by atoms with van der Waals surface area (Å²) < 4.78 is 21.3. The molecule has 0 aliphatic heterocycles. The van der Waals surface area contributed by atoms with Crippen LogP contribution in [0.1, 0.15) is 21.5 Å². The average molecular weight is 461 g/mol. The second-order valence-corrected chi connectivity index (χ2v) is 7.22. The maximum Gasteiger partial charge on any atom is 0.203 e. The molecule has 7 nitrogen and oxygen atoms in total. The summed E-state index contributed by atoms with van der Waals surface area (Å²) in [5.41, 5.74) is 9.49. The van der Waals surface area contributed by atoms with Crippen molar-refractivity contribution in [3.63, 3.8) is 0 Å². The van der Waals surface area contributed by atoms with Crippen LogP contribution >= 0.6 is 0 Å². The number of hydrogen-bond donors (Lipinski definition) is 2. The fraction of sp³-hybridized carbons (Fsp3) is 0.148. The Hall–Kier alpha value is -4.39. The first kappa shape index (κ1) is 24.3. The summed E-state index contributed by atoms with van der Waals surface area (Å²) in [5.74, 6) is 2.10. The zero-order chi connectivity index (χ0) is 24.5. The van der Waals surface area contributed by atoms with Gasteiger partial charge in [-0.3, -0.25) is 4.79 Å². The molecule has 3 aromatic carbocycles. The summed E-state index contributed by atoms with van der Waals surface area (Å²) in [4.78, 5) is 12.4. The zero-order valence-electron chi connectivity index (χ0n) is 19.6. The average Bonchev–Trinajstić information content (AvgIpc) is 2.86. The predicted octanol–water partition coefficient (Wildman–Crippen LogP) is 5.28. The summed E-state index contributed by atoms with van der Waals surface area (Å²) in [6, 6.07) is 16.5. The van der Waals surface area contributed by atoms with Crippen LogP contribution < -0.4 is 30.0 Å². The number of benzene rings is 3. The molecule has 0 saturated heterocycles. The number of rotatable bonds is 10. The standard InChI is InChI=1S/C27H28N2O5/c1-31-24-11-10-20(17-22(24)28)23(30)12-13-29-21-7-5-6-18(14-21)8-9-19-15-25(32-2)27(34-4)26(16-19)33-3/h5-17,29H,28H2,1-4H3/b9-8-,13-12-. The van der Waals surface area contributed by atoms with E-state index in [0.29, 0.717) is 34.2 Å². The molecule has 0 aliphatic carbocycles. The first-order valence-corrected chi connectivity index (χ1v) is 10.5. The van der Waals surface area contributed by atoms with Gasteiger partial charge in [-0.2, -0.15) is 0 Å². The SMILES string of the molecule is COc1ccc(C(=O)/C=C\Nc2cccc(/C=C\c3cc(OC)c(OC)c(OC)c3)c2)cc1N. The van der Waals surface area contributed by atoms with Gasteiger partial charge < -0.3 is 30.0 Å². The Balaban J connectivity index is 1.70. The number of allylic oxidation sites excluding steroid dienone is 1. The lowest BCUT2D eigenvalue weighted by molar-refractivity contribution is 0.104. The van der Waals surface area contributed by atoms with Crippen molar-refractivity contribution < 1.29 is 23.7 Å². The molecule has 0 aromatic heterocycles. The Labute approximate surface area is 199 Å². The topological polar surface area (TPSA) is 92.0 Å². The molecule has 3 N–H and O–H groups in total. The molecule has 0 saturated carbocycles. The highest BCUT2D eigenvalue weighted by molar-refractivity contribution is 6.05. The van der Waals surface area contributed by atoms with E-state index in [-0.39, 0.29) is 5.78 Å². The van der Waals surface area contributed by atoms with E-state index >= 15 is 0 Å². The van der Waals surface area contributed by atoms with E-state index in [0.717, 1.165) is 16.8 Å². The summed E-state index contributed by atoms with van der Waals surface area (Å²) in [7, 11) is 6.28. The molecule has 0 atom stereocenters. The minimum absolute atomic E-state index is 0.166. The van der Waals surface area contributed by atoms with E-state index in [4.69, 9.17) is 24.7 Å². The van der Waals surface area contributed by atoms with Crippen molar-refractivity contribution in [3.05, 3.63) is 83.6 Å². The van der Waals surface area contributed by atoms with Gasteiger partial charge in [0.15, 0.2) is 17.3 Å². The molecule has 176 valence electrons. The van der Waals surface area contributed by atoms with Gasteiger partial charge in [0.05, 0.1) is 34.1 Å². The van der Waals surface area contributed by atoms with Gasteiger partial charge >= 0.3 is 0 Å². The first-order valence-electron chi connectivity index (χ1n) is 10.5. The molecule has 3 rings (SSSR count). The van der Waals surface area contributed by atoms with Crippen molar-refractivity contribution in [1.29, 1.82) is 0 Å². The normalized spacial score (nSPS) is 10.9. The van der Waals surface area contributed by atoms with Crippen LogP contribution in [0.4, 0.5) is 11.4 Å². The number of methoxy groups -OCH3 is 4. The molecule has 0 bridgehead atoms. The second kappa shape index (κ2) is 11.5. The molecular formula is C27H28N2O5. The predicted molar refractivity (Wildman–Crippen MR) is 136 cm³/mol. The van der Waals surface area contributed by atoms with Gasteiger partial charge in [0, 0.05) is 23.5 Å². The third-order valence-electron chi connectivity index (χ3n) is 5.04. The monoisotopic (exact) mass is 460 g/mol. The highest BCUT2D eigenvalue weighted by Gasteiger charge is 2.12. The number of ketones is 1. The highest BCUT2D eigenvalue weighted by Crippen LogP contribution is 2.38. The van der Waals surface area contributed by atoms with Crippen molar-refractivity contribution in [2.45, 2.75) is 0 Å². The lowest BCUT2D eigenvalue weighted by atomic mass is 10.1. The summed E-state index contributed by atoms with van der Waals surface area (Å²) in [5, 5.41) is 3.12. The summed E-state index contributed by atoms with van der Waals surface area (Å²) in [6.45, 7) is 0. The number of carbonyl (C=O) groups is 1. The fourth-order valence-corrected chi connectivity index (χ4v) is 3.32. The molecule has 0 spiro atoms. The molecule has 0 amide bonds. The Morgan fingerprint density at radius 3 is 2.09 bits per heavy atom. The van der Waals surface area contributed by atoms with Crippen LogP contribution in [0.15, 0.2) is 66.9 Å². The van der Waals surface area contributed by atoms with Crippen molar-refractivity contribution in [2.75, 3.05) is 39.5 Å². The van der Waals surface area contributed by atoms with Gasteiger partial charge in [-0.1, -0.05) is 24.3 Å². The van der Waals surface area contributed by atoms with E-state index in [1.54, 1.807) is 45.7 Å². The van der Waals surface area contributed by atoms with E-state index < -0.39 is 0 Å².